The summed E-state index contributed by atoms with van der Waals surface area (Å²) in [5.74, 6) is -0.443. The predicted molar refractivity (Wildman–Crippen MR) is 75.2 cm³/mol. The zero-order chi connectivity index (χ0) is 13.7. The molecule has 0 radical (unpaired) electrons. The second kappa shape index (κ2) is 6.40. The lowest BCUT2D eigenvalue weighted by Crippen LogP contribution is -2.30. The molecule has 0 aliphatic carbocycles. The summed E-state index contributed by atoms with van der Waals surface area (Å²) in [5, 5.41) is 0. The van der Waals surface area contributed by atoms with Gasteiger partial charge in [-0.2, -0.15) is 0 Å². The number of amides is 1. The molecule has 0 saturated heterocycles. The van der Waals surface area contributed by atoms with E-state index in [2.05, 4.69) is 25.8 Å². The fourth-order valence-corrected chi connectivity index (χ4v) is 2.20. The first-order valence-electron chi connectivity index (χ1n) is 6.38. The van der Waals surface area contributed by atoms with Gasteiger partial charge in [-0.3, -0.25) is 9.69 Å². The second-order valence-electron chi connectivity index (χ2n) is 4.66. The van der Waals surface area contributed by atoms with Gasteiger partial charge < -0.3 is 11.5 Å². The molecule has 0 spiro atoms. The zero-order valence-electron chi connectivity index (χ0n) is 11.4. The molecule has 1 aromatic rings. The van der Waals surface area contributed by atoms with Crippen LogP contribution >= 0.6 is 0 Å². The summed E-state index contributed by atoms with van der Waals surface area (Å²) >= 11 is 0. The average molecular weight is 249 g/mol. The van der Waals surface area contributed by atoms with E-state index in [1.54, 1.807) is 12.1 Å². The van der Waals surface area contributed by atoms with E-state index in [4.69, 9.17) is 11.5 Å². The highest BCUT2D eigenvalue weighted by Crippen LogP contribution is 2.18. The molecule has 0 fully saturated rings. The molecule has 0 aliphatic rings. The van der Waals surface area contributed by atoms with Gasteiger partial charge in [0.05, 0.1) is 0 Å². The van der Waals surface area contributed by atoms with Crippen LogP contribution in [0.2, 0.25) is 0 Å². The highest BCUT2D eigenvalue weighted by Gasteiger charge is 2.12. The minimum Gasteiger partial charge on any atom is -0.398 e. The lowest BCUT2D eigenvalue weighted by molar-refractivity contribution is 0.100. The van der Waals surface area contributed by atoms with Crippen molar-refractivity contribution in [1.82, 2.24) is 4.90 Å². The Morgan fingerprint density at radius 2 is 1.94 bits per heavy atom. The number of nitrogen functional groups attached to an aromatic ring is 1. The molecule has 1 rings (SSSR count). The van der Waals surface area contributed by atoms with E-state index < -0.39 is 5.91 Å². The summed E-state index contributed by atoms with van der Waals surface area (Å²) in [5.41, 5.74) is 13.3. The number of anilines is 1. The average Bonchev–Trinajstić information content (AvgIpc) is 2.33. The number of benzene rings is 1. The molecule has 4 N–H and O–H groups in total. The third-order valence-electron chi connectivity index (χ3n) is 3.42. The van der Waals surface area contributed by atoms with E-state index in [0.29, 0.717) is 17.3 Å². The molecule has 4 heteroatoms. The Balaban J connectivity index is 2.82. The number of rotatable bonds is 6. The van der Waals surface area contributed by atoms with Crippen LogP contribution in [0.4, 0.5) is 5.69 Å². The van der Waals surface area contributed by atoms with Crippen molar-refractivity contribution in [3.05, 3.63) is 29.3 Å². The number of carbonyl (C=O) groups excluding carboxylic acids is 1. The smallest absolute Gasteiger partial charge is 0.248 e. The van der Waals surface area contributed by atoms with Crippen LogP contribution in [-0.4, -0.2) is 23.9 Å². The van der Waals surface area contributed by atoms with Gasteiger partial charge in [0.25, 0.3) is 0 Å². The van der Waals surface area contributed by atoms with Crippen molar-refractivity contribution in [3.8, 4) is 0 Å². The van der Waals surface area contributed by atoms with Crippen molar-refractivity contribution in [2.75, 3.05) is 12.8 Å². The van der Waals surface area contributed by atoms with Crippen LogP contribution in [0.25, 0.3) is 0 Å². The quantitative estimate of drug-likeness (QED) is 0.757. The number of primary amides is 1. The standard InChI is InChI=1S/C14H23N3O/c1-4-12(5-2)17(3)9-11-7-6-10(14(16)18)8-13(11)15/h6-8,12H,4-5,9,15H2,1-3H3,(H2,16,18). The van der Waals surface area contributed by atoms with Gasteiger partial charge in [0.15, 0.2) is 0 Å². The normalized spacial score (nSPS) is 11.2. The van der Waals surface area contributed by atoms with E-state index in [9.17, 15) is 4.79 Å². The van der Waals surface area contributed by atoms with Crippen molar-refractivity contribution in [2.45, 2.75) is 39.3 Å². The third-order valence-corrected chi connectivity index (χ3v) is 3.42. The van der Waals surface area contributed by atoms with E-state index >= 15 is 0 Å². The number of nitrogens with zero attached hydrogens (tertiary/aromatic N) is 1. The van der Waals surface area contributed by atoms with E-state index in [0.717, 1.165) is 24.9 Å². The Bertz CT molecular complexity index is 414. The van der Waals surface area contributed by atoms with Crippen LogP contribution in [0, 0.1) is 0 Å². The maximum atomic E-state index is 11.0. The lowest BCUT2D eigenvalue weighted by Gasteiger charge is -2.26. The van der Waals surface area contributed by atoms with Gasteiger partial charge in [0.2, 0.25) is 5.91 Å². The van der Waals surface area contributed by atoms with Gasteiger partial charge in [-0.25, -0.2) is 0 Å². The van der Waals surface area contributed by atoms with Crippen LogP contribution in [0.15, 0.2) is 18.2 Å². The number of hydrogen-bond donors (Lipinski definition) is 2. The molecule has 0 aromatic heterocycles. The Morgan fingerprint density at radius 3 is 2.39 bits per heavy atom. The summed E-state index contributed by atoms with van der Waals surface area (Å²) in [4.78, 5) is 13.3. The van der Waals surface area contributed by atoms with Crippen LogP contribution in [0.5, 0.6) is 0 Å². The summed E-state index contributed by atoms with van der Waals surface area (Å²) in [6.07, 6.45) is 2.23. The summed E-state index contributed by atoms with van der Waals surface area (Å²) in [6.45, 7) is 5.16. The van der Waals surface area contributed by atoms with Crippen LogP contribution < -0.4 is 11.5 Å². The minimum atomic E-state index is -0.443. The third kappa shape index (κ3) is 3.47. The van der Waals surface area contributed by atoms with Crippen LogP contribution in [0.1, 0.15) is 42.6 Å². The Morgan fingerprint density at radius 1 is 1.33 bits per heavy atom. The van der Waals surface area contributed by atoms with E-state index in [-0.39, 0.29) is 0 Å². The monoisotopic (exact) mass is 249 g/mol. The van der Waals surface area contributed by atoms with Crippen molar-refractivity contribution in [1.29, 1.82) is 0 Å². The fraction of sp³-hybridized carbons (Fsp3) is 0.500. The first-order valence-corrected chi connectivity index (χ1v) is 6.38. The fourth-order valence-electron chi connectivity index (χ4n) is 2.20. The van der Waals surface area contributed by atoms with Crippen molar-refractivity contribution in [2.24, 2.45) is 5.73 Å². The SMILES string of the molecule is CCC(CC)N(C)Cc1ccc(C(N)=O)cc1N. The van der Waals surface area contributed by atoms with Gasteiger partial charge in [0.1, 0.15) is 0 Å². The molecule has 1 aromatic carbocycles. The van der Waals surface area contributed by atoms with E-state index in [1.165, 1.54) is 0 Å². The van der Waals surface area contributed by atoms with Crippen molar-refractivity contribution < 1.29 is 4.79 Å². The van der Waals surface area contributed by atoms with Gasteiger partial charge in [-0.1, -0.05) is 19.9 Å². The minimum absolute atomic E-state index is 0.443. The van der Waals surface area contributed by atoms with Crippen molar-refractivity contribution in [3.63, 3.8) is 0 Å². The molecule has 100 valence electrons. The van der Waals surface area contributed by atoms with Crippen molar-refractivity contribution >= 4 is 11.6 Å². The zero-order valence-corrected chi connectivity index (χ0v) is 11.4. The molecular formula is C14H23N3O. The van der Waals surface area contributed by atoms with E-state index in [1.807, 2.05) is 6.07 Å². The number of nitrogens with two attached hydrogens (primary N) is 2. The van der Waals surface area contributed by atoms with Gasteiger partial charge in [0, 0.05) is 23.8 Å². The van der Waals surface area contributed by atoms with Crippen LogP contribution in [0.3, 0.4) is 0 Å². The number of carbonyl (C=O) groups is 1. The van der Waals surface area contributed by atoms with Gasteiger partial charge >= 0.3 is 0 Å². The summed E-state index contributed by atoms with van der Waals surface area (Å²) in [6, 6.07) is 5.82. The molecule has 0 unspecified atom stereocenters. The lowest BCUT2D eigenvalue weighted by atomic mass is 10.1. The van der Waals surface area contributed by atoms with Crippen LogP contribution in [-0.2, 0) is 6.54 Å². The summed E-state index contributed by atoms with van der Waals surface area (Å²) < 4.78 is 0. The molecule has 0 bridgehead atoms. The molecule has 0 saturated carbocycles. The Labute approximate surface area is 109 Å². The first kappa shape index (κ1) is 14.5. The molecule has 0 atom stereocenters. The predicted octanol–water partition coefficient (Wildman–Crippen LogP) is 1.99. The first-order chi connectivity index (χ1) is 8.49. The molecule has 4 nitrogen and oxygen atoms in total. The largest absolute Gasteiger partial charge is 0.398 e. The highest BCUT2D eigenvalue weighted by atomic mass is 16.1. The molecule has 0 heterocycles. The maximum absolute atomic E-state index is 11.0. The molecule has 18 heavy (non-hydrogen) atoms. The molecular weight excluding hydrogens is 226 g/mol. The molecule has 0 aliphatic heterocycles. The molecule has 1 amide bonds. The van der Waals surface area contributed by atoms with Gasteiger partial charge in [-0.15, -0.1) is 0 Å². The Hall–Kier alpha value is -1.55. The highest BCUT2D eigenvalue weighted by molar-refractivity contribution is 5.93. The summed E-state index contributed by atoms with van der Waals surface area (Å²) in [7, 11) is 2.10. The topological polar surface area (TPSA) is 72.3 Å². The number of hydrogen-bond acceptors (Lipinski definition) is 3. The maximum Gasteiger partial charge on any atom is 0.248 e. The second-order valence-corrected chi connectivity index (χ2v) is 4.66. The van der Waals surface area contributed by atoms with Gasteiger partial charge in [-0.05, 0) is 37.6 Å². The Kier molecular flexibility index (Phi) is 5.16.